The first kappa shape index (κ1) is 12.8. The number of nitrogens with one attached hydrogen (secondary N) is 2. The molecule has 0 spiro atoms. The van der Waals surface area contributed by atoms with Crippen molar-refractivity contribution in [2.45, 2.75) is 69.6 Å². The van der Waals surface area contributed by atoms with Crippen LogP contribution in [-0.2, 0) is 10.2 Å². The fraction of sp³-hybridized carbons (Fsp3) is 1.00. The van der Waals surface area contributed by atoms with Crippen LogP contribution in [-0.4, -0.2) is 43.4 Å². The van der Waals surface area contributed by atoms with Crippen LogP contribution in [0.2, 0.25) is 0 Å². The van der Waals surface area contributed by atoms with Crippen LogP contribution in [0.1, 0.15) is 45.4 Å². The van der Waals surface area contributed by atoms with Crippen LogP contribution < -0.4 is 10.0 Å². The van der Waals surface area contributed by atoms with E-state index in [0.29, 0.717) is 18.6 Å². The van der Waals surface area contributed by atoms with E-state index in [0.717, 1.165) is 25.7 Å². The molecule has 1 aliphatic carbocycles. The summed E-state index contributed by atoms with van der Waals surface area (Å²) in [6.45, 7) is 2.52. The van der Waals surface area contributed by atoms with E-state index in [9.17, 15) is 8.42 Å². The summed E-state index contributed by atoms with van der Waals surface area (Å²) in [5.74, 6) is 0. The lowest BCUT2D eigenvalue weighted by Gasteiger charge is -2.36. The van der Waals surface area contributed by atoms with E-state index in [2.05, 4.69) is 10.0 Å². The molecule has 2 aliphatic heterocycles. The van der Waals surface area contributed by atoms with E-state index in [-0.39, 0.29) is 12.1 Å². The Balaban J connectivity index is 1.71. The molecule has 2 N–H and O–H groups in total. The fourth-order valence-corrected chi connectivity index (χ4v) is 5.06. The number of piperidine rings is 1. The summed E-state index contributed by atoms with van der Waals surface area (Å²) in [5.41, 5.74) is 0. The van der Waals surface area contributed by atoms with Crippen molar-refractivity contribution in [3.05, 3.63) is 0 Å². The molecule has 2 heterocycles. The summed E-state index contributed by atoms with van der Waals surface area (Å²) >= 11 is 0. The summed E-state index contributed by atoms with van der Waals surface area (Å²) in [4.78, 5) is 0. The lowest BCUT2D eigenvalue weighted by Crippen LogP contribution is -2.53. The summed E-state index contributed by atoms with van der Waals surface area (Å²) in [6.07, 6.45) is 6.33. The average molecular weight is 273 g/mol. The lowest BCUT2D eigenvalue weighted by molar-refractivity contribution is 0.230. The van der Waals surface area contributed by atoms with E-state index in [4.69, 9.17) is 0 Å². The highest BCUT2D eigenvalue weighted by atomic mass is 32.2. The van der Waals surface area contributed by atoms with Crippen molar-refractivity contribution in [1.82, 2.24) is 14.3 Å². The van der Waals surface area contributed by atoms with Gasteiger partial charge in [-0.2, -0.15) is 17.4 Å². The van der Waals surface area contributed by atoms with Gasteiger partial charge in [-0.3, -0.25) is 0 Å². The Bertz CT molecular complexity index is 396. The number of nitrogens with zero attached hydrogens (tertiary/aromatic N) is 1. The van der Waals surface area contributed by atoms with Gasteiger partial charge >= 0.3 is 0 Å². The number of rotatable bonds is 5. The van der Waals surface area contributed by atoms with Crippen molar-refractivity contribution in [2.24, 2.45) is 0 Å². The average Bonchev–Trinajstić information content (AvgIpc) is 3.03. The smallest absolute Gasteiger partial charge is 0.279 e. The number of hydrogen-bond donors (Lipinski definition) is 2. The summed E-state index contributed by atoms with van der Waals surface area (Å²) in [6, 6.07) is 1.44. The molecule has 2 atom stereocenters. The molecule has 0 amide bonds. The van der Waals surface area contributed by atoms with Gasteiger partial charge in [-0.05, 0) is 38.5 Å². The van der Waals surface area contributed by atoms with E-state index < -0.39 is 10.2 Å². The molecule has 2 unspecified atom stereocenters. The van der Waals surface area contributed by atoms with Crippen LogP contribution in [0.4, 0.5) is 0 Å². The molecule has 0 aromatic carbocycles. The van der Waals surface area contributed by atoms with Crippen molar-refractivity contribution in [3.8, 4) is 0 Å². The summed E-state index contributed by atoms with van der Waals surface area (Å²) in [5, 5.41) is 3.56. The molecule has 3 aliphatic rings. The summed E-state index contributed by atoms with van der Waals surface area (Å²) < 4.78 is 29.2. The third kappa shape index (κ3) is 2.57. The molecule has 18 heavy (non-hydrogen) atoms. The van der Waals surface area contributed by atoms with Gasteiger partial charge in [0, 0.05) is 30.7 Å². The van der Waals surface area contributed by atoms with Gasteiger partial charge in [0.15, 0.2) is 0 Å². The maximum absolute atomic E-state index is 12.3. The fourth-order valence-electron chi connectivity index (χ4n) is 3.37. The monoisotopic (exact) mass is 273 g/mol. The second-order valence-electron chi connectivity index (χ2n) is 5.86. The van der Waals surface area contributed by atoms with Gasteiger partial charge < -0.3 is 5.32 Å². The molecule has 3 fully saturated rings. The van der Waals surface area contributed by atoms with Crippen molar-refractivity contribution in [2.75, 3.05) is 6.54 Å². The number of fused-ring (bicyclic) bond motifs is 2. The van der Waals surface area contributed by atoms with E-state index >= 15 is 0 Å². The molecule has 104 valence electrons. The van der Waals surface area contributed by atoms with Crippen molar-refractivity contribution in [3.63, 3.8) is 0 Å². The Labute approximate surface area is 109 Å². The van der Waals surface area contributed by atoms with Gasteiger partial charge in [0.25, 0.3) is 10.2 Å². The molecule has 0 aromatic rings. The van der Waals surface area contributed by atoms with Gasteiger partial charge in [0.05, 0.1) is 0 Å². The Morgan fingerprint density at radius 3 is 2.28 bits per heavy atom. The van der Waals surface area contributed by atoms with Gasteiger partial charge in [-0.25, -0.2) is 0 Å². The molecular weight excluding hydrogens is 250 g/mol. The third-order valence-corrected chi connectivity index (χ3v) is 6.17. The van der Waals surface area contributed by atoms with Crippen molar-refractivity contribution < 1.29 is 8.42 Å². The van der Waals surface area contributed by atoms with Crippen LogP contribution in [0, 0.1) is 0 Å². The highest BCUT2D eigenvalue weighted by Gasteiger charge is 2.40. The quantitative estimate of drug-likeness (QED) is 0.770. The van der Waals surface area contributed by atoms with E-state index in [1.807, 2.05) is 6.92 Å². The minimum atomic E-state index is -3.27. The van der Waals surface area contributed by atoms with Crippen molar-refractivity contribution in [1.29, 1.82) is 0 Å². The zero-order chi connectivity index (χ0) is 12.8. The standard InChI is InChI=1S/C12H23N3O2S/c1-2-15(18(16,17)14-9-3-4-9)12-7-10-5-6-11(8-12)13-10/h9-14H,2-8H2,1H3. The molecule has 0 radical (unpaired) electrons. The second-order valence-corrected chi connectivity index (χ2v) is 7.52. The minimum absolute atomic E-state index is 0.185. The zero-order valence-electron chi connectivity index (χ0n) is 10.9. The number of hydrogen-bond acceptors (Lipinski definition) is 3. The molecule has 6 heteroatoms. The molecule has 5 nitrogen and oxygen atoms in total. The lowest BCUT2D eigenvalue weighted by atomic mass is 10.00. The predicted molar refractivity (Wildman–Crippen MR) is 70.4 cm³/mol. The summed E-state index contributed by atoms with van der Waals surface area (Å²) in [7, 11) is -3.27. The van der Waals surface area contributed by atoms with E-state index in [1.165, 1.54) is 12.8 Å². The second kappa shape index (κ2) is 4.74. The molecule has 2 saturated heterocycles. The topological polar surface area (TPSA) is 61.4 Å². The normalized spacial score (nSPS) is 36.2. The van der Waals surface area contributed by atoms with Gasteiger partial charge in [0.1, 0.15) is 0 Å². The largest absolute Gasteiger partial charge is 0.311 e. The van der Waals surface area contributed by atoms with Crippen LogP contribution in [0.5, 0.6) is 0 Å². The minimum Gasteiger partial charge on any atom is -0.311 e. The van der Waals surface area contributed by atoms with Crippen LogP contribution >= 0.6 is 0 Å². The third-order valence-electron chi connectivity index (χ3n) is 4.37. The maximum atomic E-state index is 12.3. The van der Waals surface area contributed by atoms with E-state index in [1.54, 1.807) is 4.31 Å². The maximum Gasteiger partial charge on any atom is 0.279 e. The molecule has 1 saturated carbocycles. The van der Waals surface area contributed by atoms with Gasteiger partial charge in [-0.1, -0.05) is 6.92 Å². The first-order valence-electron chi connectivity index (χ1n) is 7.13. The van der Waals surface area contributed by atoms with Crippen LogP contribution in [0.25, 0.3) is 0 Å². The van der Waals surface area contributed by atoms with Crippen molar-refractivity contribution >= 4 is 10.2 Å². The molecular formula is C12H23N3O2S. The van der Waals surface area contributed by atoms with Crippen LogP contribution in [0.3, 0.4) is 0 Å². The molecule has 2 bridgehead atoms. The molecule has 0 aromatic heterocycles. The highest BCUT2D eigenvalue weighted by Crippen LogP contribution is 2.31. The zero-order valence-corrected chi connectivity index (χ0v) is 11.7. The Kier molecular flexibility index (Phi) is 3.38. The Morgan fingerprint density at radius 1 is 1.17 bits per heavy atom. The highest BCUT2D eigenvalue weighted by molar-refractivity contribution is 7.87. The first-order chi connectivity index (χ1) is 8.58. The van der Waals surface area contributed by atoms with Crippen LogP contribution in [0.15, 0.2) is 0 Å². The molecule has 3 rings (SSSR count). The Morgan fingerprint density at radius 2 is 1.78 bits per heavy atom. The van der Waals surface area contributed by atoms with Gasteiger partial charge in [0.2, 0.25) is 0 Å². The van der Waals surface area contributed by atoms with Gasteiger partial charge in [-0.15, -0.1) is 0 Å². The predicted octanol–water partition coefficient (Wildman–Crippen LogP) is 0.588. The SMILES string of the molecule is CCN(C1CC2CCC(C1)N2)S(=O)(=O)NC1CC1. The first-order valence-corrected chi connectivity index (χ1v) is 8.57. The Hall–Kier alpha value is -0.170.